The topological polar surface area (TPSA) is 37.8 Å². The van der Waals surface area contributed by atoms with E-state index in [-0.39, 0.29) is 5.41 Å². The lowest BCUT2D eigenvalue weighted by Crippen LogP contribution is -2.32. The quantitative estimate of drug-likeness (QED) is 0.888. The van der Waals surface area contributed by atoms with Crippen LogP contribution in [0.1, 0.15) is 37.6 Å². The molecule has 1 aromatic carbocycles. The van der Waals surface area contributed by atoms with Crippen LogP contribution in [-0.2, 0) is 6.42 Å². The second-order valence-electron chi connectivity index (χ2n) is 6.49. The maximum Gasteiger partial charge on any atom is 0.159 e. The van der Waals surface area contributed by atoms with Crippen LogP contribution in [0.15, 0.2) is 34.9 Å². The average Bonchev–Trinajstić information content (AvgIpc) is 2.44. The van der Waals surface area contributed by atoms with E-state index in [2.05, 4.69) is 52.2 Å². The molecule has 0 saturated carbocycles. The zero-order valence-corrected chi connectivity index (χ0v) is 14.2. The third-order valence-electron chi connectivity index (χ3n) is 4.11. The molecule has 3 rings (SSSR count). The Morgan fingerprint density at radius 1 is 1.33 bits per heavy atom. The van der Waals surface area contributed by atoms with Crippen LogP contribution in [0.2, 0.25) is 0 Å². The highest BCUT2D eigenvalue weighted by Gasteiger charge is 2.32. The molecule has 1 aromatic heterocycles. The molecule has 1 unspecified atom stereocenters. The van der Waals surface area contributed by atoms with E-state index >= 15 is 0 Å². The minimum Gasteiger partial charge on any atom is -0.313 e. The molecule has 1 heterocycles. The predicted molar refractivity (Wildman–Crippen MR) is 89.1 cm³/mol. The second-order valence-corrected chi connectivity index (χ2v) is 7.41. The molecule has 0 spiro atoms. The predicted octanol–water partition coefficient (Wildman–Crippen LogP) is 4.14. The van der Waals surface area contributed by atoms with Crippen molar-refractivity contribution in [3.63, 3.8) is 0 Å². The van der Waals surface area contributed by atoms with Crippen molar-refractivity contribution >= 4 is 15.9 Å². The highest BCUT2D eigenvalue weighted by atomic mass is 79.9. The van der Waals surface area contributed by atoms with E-state index in [9.17, 15) is 0 Å². The zero-order valence-electron chi connectivity index (χ0n) is 12.7. The standard InChI is InChI=1S/C17H20BrN3/c1-17(2)8-14(19-3)13-10-20-16(21-15(13)9-17)11-5-4-6-12(18)7-11/h4-7,10,14,19H,8-9H2,1-3H3. The lowest BCUT2D eigenvalue weighted by atomic mass is 9.74. The van der Waals surface area contributed by atoms with Crippen LogP contribution in [0, 0.1) is 5.41 Å². The summed E-state index contributed by atoms with van der Waals surface area (Å²) in [7, 11) is 2.01. The van der Waals surface area contributed by atoms with E-state index in [1.165, 1.54) is 11.3 Å². The number of fused-ring (bicyclic) bond motifs is 1. The minimum absolute atomic E-state index is 0.267. The Morgan fingerprint density at radius 2 is 2.14 bits per heavy atom. The number of halogens is 1. The Bertz CT molecular complexity index is 667. The number of benzene rings is 1. The lowest BCUT2D eigenvalue weighted by molar-refractivity contribution is 0.260. The largest absolute Gasteiger partial charge is 0.313 e. The molecular formula is C17H20BrN3. The van der Waals surface area contributed by atoms with Gasteiger partial charge in [0.1, 0.15) is 0 Å². The van der Waals surface area contributed by atoms with Gasteiger partial charge in [0.2, 0.25) is 0 Å². The SMILES string of the molecule is CNC1CC(C)(C)Cc2nc(-c3cccc(Br)c3)ncc21. The minimum atomic E-state index is 0.267. The van der Waals surface area contributed by atoms with E-state index in [1.807, 2.05) is 25.4 Å². The van der Waals surface area contributed by atoms with Gasteiger partial charge in [0, 0.05) is 33.5 Å². The Labute approximate surface area is 134 Å². The molecule has 0 saturated heterocycles. The molecule has 0 radical (unpaired) electrons. The summed E-state index contributed by atoms with van der Waals surface area (Å²) in [6, 6.07) is 8.49. The first-order chi connectivity index (χ1) is 9.98. The van der Waals surface area contributed by atoms with E-state index in [4.69, 9.17) is 4.98 Å². The van der Waals surface area contributed by atoms with Gasteiger partial charge in [-0.15, -0.1) is 0 Å². The normalized spacial score (nSPS) is 20.1. The van der Waals surface area contributed by atoms with Gasteiger partial charge >= 0.3 is 0 Å². The average molecular weight is 346 g/mol. The van der Waals surface area contributed by atoms with Crippen LogP contribution >= 0.6 is 15.9 Å². The molecule has 1 aliphatic carbocycles. The van der Waals surface area contributed by atoms with Crippen molar-refractivity contribution in [2.75, 3.05) is 7.05 Å². The van der Waals surface area contributed by atoms with Crippen LogP contribution in [0.25, 0.3) is 11.4 Å². The van der Waals surface area contributed by atoms with Crippen molar-refractivity contribution in [1.29, 1.82) is 0 Å². The molecule has 1 atom stereocenters. The molecule has 0 bridgehead atoms. The molecule has 0 aliphatic heterocycles. The number of nitrogens with zero attached hydrogens (tertiary/aromatic N) is 2. The first kappa shape index (κ1) is 14.7. The highest BCUT2D eigenvalue weighted by molar-refractivity contribution is 9.10. The van der Waals surface area contributed by atoms with Crippen molar-refractivity contribution in [2.24, 2.45) is 5.41 Å². The number of nitrogens with one attached hydrogen (secondary N) is 1. The molecule has 0 amide bonds. The number of hydrogen-bond acceptors (Lipinski definition) is 3. The molecule has 110 valence electrons. The summed E-state index contributed by atoms with van der Waals surface area (Å²) in [5.41, 5.74) is 3.74. The van der Waals surface area contributed by atoms with Crippen molar-refractivity contribution in [3.8, 4) is 11.4 Å². The molecular weight excluding hydrogens is 326 g/mol. The third kappa shape index (κ3) is 3.01. The molecule has 0 fully saturated rings. The van der Waals surface area contributed by atoms with Gasteiger partial charge in [-0.25, -0.2) is 9.97 Å². The maximum atomic E-state index is 4.85. The number of aromatic nitrogens is 2. The van der Waals surface area contributed by atoms with Gasteiger partial charge in [0.05, 0.1) is 0 Å². The van der Waals surface area contributed by atoms with Crippen molar-refractivity contribution in [2.45, 2.75) is 32.7 Å². The summed E-state index contributed by atoms with van der Waals surface area (Å²) in [6.45, 7) is 4.61. The van der Waals surface area contributed by atoms with E-state index in [0.717, 1.165) is 28.7 Å². The fraction of sp³-hybridized carbons (Fsp3) is 0.412. The number of rotatable bonds is 2. The van der Waals surface area contributed by atoms with E-state index in [1.54, 1.807) is 0 Å². The summed E-state index contributed by atoms with van der Waals surface area (Å²) < 4.78 is 1.05. The van der Waals surface area contributed by atoms with Crippen LogP contribution < -0.4 is 5.32 Å². The molecule has 2 aromatic rings. The van der Waals surface area contributed by atoms with Crippen LogP contribution in [0.4, 0.5) is 0 Å². The van der Waals surface area contributed by atoms with Gasteiger partial charge in [0.15, 0.2) is 5.82 Å². The Kier molecular flexibility index (Phi) is 3.84. The van der Waals surface area contributed by atoms with Gasteiger partial charge in [-0.05, 0) is 37.4 Å². The van der Waals surface area contributed by atoms with Crippen LogP contribution in [0.5, 0.6) is 0 Å². The van der Waals surface area contributed by atoms with Crippen molar-refractivity contribution in [3.05, 3.63) is 46.2 Å². The van der Waals surface area contributed by atoms with Crippen molar-refractivity contribution < 1.29 is 0 Å². The monoisotopic (exact) mass is 345 g/mol. The molecule has 4 heteroatoms. The Balaban J connectivity index is 2.05. The molecule has 1 aliphatic rings. The van der Waals surface area contributed by atoms with Crippen LogP contribution in [-0.4, -0.2) is 17.0 Å². The fourth-order valence-corrected chi connectivity index (χ4v) is 3.47. The number of hydrogen-bond donors (Lipinski definition) is 1. The van der Waals surface area contributed by atoms with Gasteiger partial charge in [0.25, 0.3) is 0 Å². The summed E-state index contributed by atoms with van der Waals surface area (Å²) in [5.74, 6) is 0.808. The summed E-state index contributed by atoms with van der Waals surface area (Å²) in [6.07, 6.45) is 4.12. The maximum absolute atomic E-state index is 4.85. The first-order valence-electron chi connectivity index (χ1n) is 7.27. The summed E-state index contributed by atoms with van der Waals surface area (Å²) in [5, 5.41) is 3.40. The third-order valence-corrected chi connectivity index (χ3v) is 4.60. The second kappa shape index (κ2) is 5.50. The molecule has 3 nitrogen and oxygen atoms in total. The zero-order chi connectivity index (χ0) is 15.0. The molecule has 1 N–H and O–H groups in total. The van der Waals surface area contributed by atoms with Crippen molar-refractivity contribution in [1.82, 2.24) is 15.3 Å². The fourth-order valence-electron chi connectivity index (χ4n) is 3.07. The Hall–Kier alpha value is -1.26. The van der Waals surface area contributed by atoms with Gasteiger partial charge < -0.3 is 5.32 Å². The first-order valence-corrected chi connectivity index (χ1v) is 8.07. The van der Waals surface area contributed by atoms with Crippen LogP contribution in [0.3, 0.4) is 0 Å². The summed E-state index contributed by atoms with van der Waals surface area (Å²) >= 11 is 3.51. The smallest absolute Gasteiger partial charge is 0.159 e. The van der Waals surface area contributed by atoms with E-state index < -0.39 is 0 Å². The Morgan fingerprint density at radius 3 is 2.86 bits per heavy atom. The lowest BCUT2D eigenvalue weighted by Gasteiger charge is -2.36. The van der Waals surface area contributed by atoms with Gasteiger partial charge in [-0.1, -0.05) is 41.9 Å². The van der Waals surface area contributed by atoms with Gasteiger partial charge in [-0.3, -0.25) is 0 Å². The van der Waals surface area contributed by atoms with E-state index in [0.29, 0.717) is 6.04 Å². The van der Waals surface area contributed by atoms with Gasteiger partial charge in [-0.2, -0.15) is 0 Å². The molecule has 21 heavy (non-hydrogen) atoms. The highest BCUT2D eigenvalue weighted by Crippen LogP contribution is 2.40. The summed E-state index contributed by atoms with van der Waals surface area (Å²) in [4.78, 5) is 9.42.